The Morgan fingerprint density at radius 2 is 1.48 bits per heavy atom. The van der Waals surface area contributed by atoms with Gasteiger partial charge in [0, 0.05) is 18.0 Å². The van der Waals surface area contributed by atoms with Crippen molar-refractivity contribution < 1.29 is 19.1 Å². The lowest BCUT2D eigenvalue weighted by molar-refractivity contribution is -0.150. The predicted octanol–water partition coefficient (Wildman–Crippen LogP) is 3.41. The van der Waals surface area contributed by atoms with Crippen molar-refractivity contribution in [3.63, 3.8) is 0 Å². The zero-order valence-electron chi connectivity index (χ0n) is 17.7. The van der Waals surface area contributed by atoms with Crippen molar-refractivity contribution in [3.8, 4) is 0 Å². The molecular weight excluding hydrogens is 392 g/mol. The van der Waals surface area contributed by atoms with Crippen LogP contribution in [-0.4, -0.2) is 36.5 Å². The molecule has 2 aromatic carbocycles. The van der Waals surface area contributed by atoms with Crippen molar-refractivity contribution in [2.45, 2.75) is 57.0 Å². The van der Waals surface area contributed by atoms with E-state index in [1.54, 1.807) is 24.3 Å². The minimum atomic E-state index is -0.888. The normalized spacial score (nSPS) is 15.4. The van der Waals surface area contributed by atoms with E-state index in [0.29, 0.717) is 5.56 Å². The number of carbonyl (C=O) groups excluding carboxylic acids is 3. The summed E-state index contributed by atoms with van der Waals surface area (Å²) >= 11 is 0. The van der Waals surface area contributed by atoms with Crippen LogP contribution >= 0.6 is 0 Å². The first-order valence-corrected chi connectivity index (χ1v) is 11.0. The molecule has 0 bridgehead atoms. The van der Waals surface area contributed by atoms with Gasteiger partial charge in [0.15, 0.2) is 6.61 Å². The first-order chi connectivity index (χ1) is 15.1. The topological polar surface area (TPSA) is 84.5 Å². The fourth-order valence-electron chi connectivity index (χ4n) is 3.80. The molecule has 0 radical (unpaired) electrons. The fraction of sp³-hybridized carbons (Fsp3) is 0.400. The quantitative estimate of drug-likeness (QED) is 0.504. The molecule has 164 valence electrons. The molecule has 1 atom stereocenters. The van der Waals surface area contributed by atoms with E-state index in [0.717, 1.165) is 31.2 Å². The third-order valence-corrected chi connectivity index (χ3v) is 5.47. The van der Waals surface area contributed by atoms with Gasteiger partial charge in [0.1, 0.15) is 6.04 Å². The van der Waals surface area contributed by atoms with Crippen LogP contribution in [0.15, 0.2) is 60.7 Å². The van der Waals surface area contributed by atoms with Gasteiger partial charge in [-0.1, -0.05) is 74.2 Å². The van der Waals surface area contributed by atoms with Gasteiger partial charge in [-0.05, 0) is 30.5 Å². The van der Waals surface area contributed by atoms with Crippen molar-refractivity contribution in [3.05, 3.63) is 71.8 Å². The monoisotopic (exact) mass is 422 g/mol. The third kappa shape index (κ3) is 7.55. The van der Waals surface area contributed by atoms with Crippen LogP contribution in [0.2, 0.25) is 0 Å². The Morgan fingerprint density at radius 1 is 0.871 bits per heavy atom. The van der Waals surface area contributed by atoms with Gasteiger partial charge in [-0.25, -0.2) is 4.79 Å². The Hall–Kier alpha value is -3.15. The minimum Gasteiger partial charge on any atom is -0.454 e. The lowest BCUT2D eigenvalue weighted by atomic mass is 10.1. The molecule has 6 heteroatoms. The van der Waals surface area contributed by atoms with Crippen LogP contribution in [0.5, 0.6) is 0 Å². The number of ether oxygens (including phenoxy) is 1. The number of benzene rings is 2. The van der Waals surface area contributed by atoms with E-state index in [9.17, 15) is 14.4 Å². The van der Waals surface area contributed by atoms with Crippen molar-refractivity contribution in [1.82, 2.24) is 10.6 Å². The number of hydrogen-bond donors (Lipinski definition) is 2. The average molecular weight is 423 g/mol. The minimum absolute atomic E-state index is 0.145. The first kappa shape index (κ1) is 22.5. The molecule has 2 N–H and O–H groups in total. The molecule has 2 aromatic rings. The SMILES string of the molecule is O=C(COC(=O)C(Cc1ccccc1)NC(=O)c1ccccc1)NC1CCCCCC1. The summed E-state index contributed by atoms with van der Waals surface area (Å²) in [7, 11) is 0. The summed E-state index contributed by atoms with van der Waals surface area (Å²) in [4.78, 5) is 37.6. The van der Waals surface area contributed by atoms with Gasteiger partial charge >= 0.3 is 5.97 Å². The molecule has 0 aliphatic heterocycles. The smallest absolute Gasteiger partial charge is 0.329 e. The van der Waals surface area contributed by atoms with Gasteiger partial charge in [0.05, 0.1) is 0 Å². The second kappa shape index (κ2) is 11.9. The van der Waals surface area contributed by atoms with Gasteiger partial charge in [-0.3, -0.25) is 9.59 Å². The lowest BCUT2D eigenvalue weighted by Crippen LogP contribution is -2.45. The molecule has 0 saturated heterocycles. The predicted molar refractivity (Wildman–Crippen MR) is 118 cm³/mol. The summed E-state index contributed by atoms with van der Waals surface area (Å²) in [6.45, 7) is -0.345. The summed E-state index contributed by atoms with van der Waals surface area (Å²) in [5.41, 5.74) is 1.35. The molecule has 1 aliphatic carbocycles. The zero-order chi connectivity index (χ0) is 21.9. The molecule has 1 fully saturated rings. The highest BCUT2D eigenvalue weighted by Crippen LogP contribution is 2.17. The second-order valence-corrected chi connectivity index (χ2v) is 7.95. The highest BCUT2D eigenvalue weighted by Gasteiger charge is 2.24. The summed E-state index contributed by atoms with van der Waals surface area (Å²) < 4.78 is 5.28. The standard InChI is InChI=1S/C25H30N2O4/c28-23(26-21-15-9-1-2-10-16-21)18-31-25(30)22(17-19-11-5-3-6-12-19)27-24(29)20-13-7-4-8-14-20/h3-8,11-14,21-22H,1-2,9-10,15-18H2,(H,26,28)(H,27,29). The Kier molecular flexibility index (Phi) is 8.64. The largest absolute Gasteiger partial charge is 0.454 e. The van der Waals surface area contributed by atoms with E-state index in [-0.39, 0.29) is 30.9 Å². The van der Waals surface area contributed by atoms with Gasteiger partial charge in [-0.15, -0.1) is 0 Å². The number of amides is 2. The maximum atomic E-state index is 12.7. The Bertz CT molecular complexity index is 846. The van der Waals surface area contributed by atoms with Crippen molar-refractivity contribution >= 4 is 17.8 Å². The summed E-state index contributed by atoms with van der Waals surface area (Å²) in [5, 5.41) is 5.72. The van der Waals surface area contributed by atoms with Crippen LogP contribution in [0.1, 0.15) is 54.4 Å². The zero-order valence-corrected chi connectivity index (χ0v) is 17.7. The van der Waals surface area contributed by atoms with Crippen LogP contribution in [-0.2, 0) is 20.7 Å². The Balaban J connectivity index is 1.58. The van der Waals surface area contributed by atoms with Crippen LogP contribution in [0.4, 0.5) is 0 Å². The van der Waals surface area contributed by atoms with Gasteiger partial charge in [0.2, 0.25) is 0 Å². The molecule has 31 heavy (non-hydrogen) atoms. The lowest BCUT2D eigenvalue weighted by Gasteiger charge is -2.19. The van der Waals surface area contributed by atoms with E-state index >= 15 is 0 Å². The summed E-state index contributed by atoms with van der Waals surface area (Å²) in [6.07, 6.45) is 6.81. The van der Waals surface area contributed by atoms with Gasteiger partial charge in [0.25, 0.3) is 11.8 Å². The van der Waals surface area contributed by atoms with E-state index in [1.165, 1.54) is 12.8 Å². The molecule has 1 unspecified atom stereocenters. The highest BCUT2D eigenvalue weighted by atomic mass is 16.5. The molecule has 0 aromatic heterocycles. The van der Waals surface area contributed by atoms with Crippen molar-refractivity contribution in [2.24, 2.45) is 0 Å². The van der Waals surface area contributed by atoms with Crippen molar-refractivity contribution in [2.75, 3.05) is 6.61 Å². The number of rotatable bonds is 8. The number of esters is 1. The van der Waals surface area contributed by atoms with E-state index in [1.807, 2.05) is 36.4 Å². The maximum Gasteiger partial charge on any atom is 0.329 e. The first-order valence-electron chi connectivity index (χ1n) is 11.0. The van der Waals surface area contributed by atoms with Crippen LogP contribution in [0.3, 0.4) is 0 Å². The molecule has 1 saturated carbocycles. The maximum absolute atomic E-state index is 12.7. The second-order valence-electron chi connectivity index (χ2n) is 7.95. The molecule has 0 heterocycles. The molecular formula is C25H30N2O4. The summed E-state index contributed by atoms with van der Waals surface area (Å²) in [6, 6.07) is 17.4. The van der Waals surface area contributed by atoms with E-state index in [2.05, 4.69) is 10.6 Å². The highest BCUT2D eigenvalue weighted by molar-refractivity contribution is 5.97. The Morgan fingerprint density at radius 3 is 2.13 bits per heavy atom. The molecule has 2 amide bonds. The van der Waals surface area contributed by atoms with Crippen molar-refractivity contribution in [1.29, 1.82) is 0 Å². The number of carbonyl (C=O) groups is 3. The summed E-state index contributed by atoms with van der Waals surface area (Å²) in [5.74, 6) is -1.28. The van der Waals surface area contributed by atoms with Gasteiger partial charge < -0.3 is 15.4 Å². The number of nitrogens with one attached hydrogen (secondary N) is 2. The molecule has 3 rings (SSSR count). The Labute approximate surface area is 183 Å². The van der Waals surface area contributed by atoms with Gasteiger partial charge in [-0.2, -0.15) is 0 Å². The fourth-order valence-corrected chi connectivity index (χ4v) is 3.80. The van der Waals surface area contributed by atoms with Crippen LogP contribution < -0.4 is 10.6 Å². The average Bonchev–Trinajstić information content (AvgIpc) is 3.07. The third-order valence-electron chi connectivity index (χ3n) is 5.47. The van der Waals surface area contributed by atoms with E-state index in [4.69, 9.17) is 4.74 Å². The molecule has 1 aliphatic rings. The van der Waals surface area contributed by atoms with Crippen LogP contribution in [0, 0.1) is 0 Å². The van der Waals surface area contributed by atoms with E-state index < -0.39 is 12.0 Å². The molecule has 6 nitrogen and oxygen atoms in total. The van der Waals surface area contributed by atoms with Crippen LogP contribution in [0.25, 0.3) is 0 Å². The number of hydrogen-bond acceptors (Lipinski definition) is 4. The molecule has 0 spiro atoms.